The van der Waals surface area contributed by atoms with E-state index in [0.29, 0.717) is 5.56 Å². The van der Waals surface area contributed by atoms with E-state index in [2.05, 4.69) is 16.0 Å². The molecule has 4 nitrogen and oxygen atoms in total. The van der Waals surface area contributed by atoms with E-state index in [1.165, 1.54) is 4.88 Å². The van der Waals surface area contributed by atoms with Gasteiger partial charge in [-0.25, -0.2) is 9.97 Å². The molecule has 0 amide bonds. The summed E-state index contributed by atoms with van der Waals surface area (Å²) in [6.07, 6.45) is 1.59. The third kappa shape index (κ3) is 2.60. The lowest BCUT2D eigenvalue weighted by Gasteiger charge is -2.17. The molecule has 17 heavy (non-hydrogen) atoms. The first-order chi connectivity index (χ1) is 8.20. The lowest BCUT2D eigenvalue weighted by molar-refractivity contribution is 0.901. The molecule has 0 aliphatic heterocycles. The Morgan fingerprint density at radius 3 is 2.76 bits per heavy atom. The molecule has 0 radical (unpaired) electrons. The minimum absolute atomic E-state index is 0.580. The minimum Gasteiger partial charge on any atom is -0.354 e. The summed E-state index contributed by atoms with van der Waals surface area (Å²) in [7, 11) is 1.98. The van der Waals surface area contributed by atoms with Gasteiger partial charge in [-0.1, -0.05) is 0 Å². The topological polar surface area (TPSA) is 52.8 Å². The summed E-state index contributed by atoms with van der Waals surface area (Å²) >= 11 is 1.65. The van der Waals surface area contributed by atoms with Crippen LogP contribution in [0.5, 0.6) is 0 Å². The Morgan fingerprint density at radius 1 is 1.41 bits per heavy atom. The standard InChI is InChI=1S/C12H12N4S/c1-9-11(17-8-15-9)7-16(2)12-4-3-10(5-13)6-14-12/h3-4,6,8H,7H2,1-2H3. The first-order valence-corrected chi connectivity index (χ1v) is 6.05. The summed E-state index contributed by atoms with van der Waals surface area (Å²) in [5, 5.41) is 8.70. The predicted molar refractivity (Wildman–Crippen MR) is 67.9 cm³/mol. The molecule has 0 aromatic carbocycles. The number of hydrogen-bond donors (Lipinski definition) is 0. The third-order valence-corrected chi connectivity index (χ3v) is 3.41. The van der Waals surface area contributed by atoms with Gasteiger partial charge in [-0.05, 0) is 19.1 Å². The van der Waals surface area contributed by atoms with Crippen LogP contribution in [0.1, 0.15) is 16.1 Å². The molecule has 2 aromatic rings. The summed E-state index contributed by atoms with van der Waals surface area (Å²) in [4.78, 5) is 11.7. The Balaban J connectivity index is 2.12. The molecule has 0 aliphatic carbocycles. The molecule has 5 heteroatoms. The van der Waals surface area contributed by atoms with Crippen LogP contribution >= 0.6 is 11.3 Å². The molecule has 0 spiro atoms. The van der Waals surface area contributed by atoms with E-state index in [1.807, 2.05) is 30.4 Å². The molecule has 2 heterocycles. The predicted octanol–water partition coefficient (Wildman–Crippen LogP) is 2.35. The number of rotatable bonds is 3. The number of thiazole rings is 1. The highest BCUT2D eigenvalue weighted by atomic mass is 32.1. The van der Waals surface area contributed by atoms with E-state index in [1.54, 1.807) is 23.6 Å². The molecule has 0 N–H and O–H groups in total. The number of hydrogen-bond acceptors (Lipinski definition) is 5. The summed E-state index contributed by atoms with van der Waals surface area (Å²) in [6, 6.07) is 5.69. The maximum Gasteiger partial charge on any atom is 0.128 e. The van der Waals surface area contributed by atoms with Gasteiger partial charge in [0, 0.05) is 18.1 Å². The Kier molecular flexibility index (Phi) is 3.35. The van der Waals surface area contributed by atoms with Crippen molar-refractivity contribution in [3.05, 3.63) is 40.0 Å². The SMILES string of the molecule is Cc1ncsc1CN(C)c1ccc(C#N)cn1. The normalized spacial score (nSPS) is 9.94. The number of aryl methyl sites for hydroxylation is 1. The van der Waals surface area contributed by atoms with Gasteiger partial charge in [0.2, 0.25) is 0 Å². The van der Waals surface area contributed by atoms with Crippen LogP contribution in [-0.4, -0.2) is 17.0 Å². The fourth-order valence-corrected chi connectivity index (χ4v) is 2.28. The highest BCUT2D eigenvalue weighted by Gasteiger charge is 2.07. The molecule has 0 bridgehead atoms. The maximum absolute atomic E-state index is 8.70. The van der Waals surface area contributed by atoms with Gasteiger partial charge in [0.25, 0.3) is 0 Å². The molecular weight excluding hydrogens is 232 g/mol. The average molecular weight is 244 g/mol. The van der Waals surface area contributed by atoms with Crippen molar-refractivity contribution < 1.29 is 0 Å². The average Bonchev–Trinajstić information content (AvgIpc) is 2.75. The lowest BCUT2D eigenvalue weighted by atomic mass is 10.3. The molecule has 0 aliphatic rings. The summed E-state index contributed by atoms with van der Waals surface area (Å²) in [5.41, 5.74) is 3.50. The van der Waals surface area contributed by atoms with Gasteiger partial charge in [0.15, 0.2) is 0 Å². The van der Waals surface area contributed by atoms with Crippen LogP contribution in [0, 0.1) is 18.3 Å². The van der Waals surface area contributed by atoms with E-state index in [0.717, 1.165) is 18.1 Å². The van der Waals surface area contributed by atoms with Crippen LogP contribution in [0.2, 0.25) is 0 Å². The molecular formula is C12H12N4S. The first-order valence-electron chi connectivity index (χ1n) is 5.17. The molecule has 0 saturated carbocycles. The van der Waals surface area contributed by atoms with Crippen LogP contribution in [0.25, 0.3) is 0 Å². The van der Waals surface area contributed by atoms with E-state index in [4.69, 9.17) is 5.26 Å². The van der Waals surface area contributed by atoms with Crippen LogP contribution in [0.4, 0.5) is 5.82 Å². The van der Waals surface area contributed by atoms with Crippen molar-refractivity contribution in [3.8, 4) is 6.07 Å². The monoisotopic (exact) mass is 244 g/mol. The number of nitrogens with zero attached hydrogens (tertiary/aromatic N) is 4. The van der Waals surface area contributed by atoms with E-state index in [9.17, 15) is 0 Å². The van der Waals surface area contributed by atoms with Crippen molar-refractivity contribution in [1.82, 2.24) is 9.97 Å². The summed E-state index contributed by atoms with van der Waals surface area (Å²) < 4.78 is 0. The van der Waals surface area contributed by atoms with Crippen LogP contribution in [0.3, 0.4) is 0 Å². The van der Waals surface area contributed by atoms with Crippen molar-refractivity contribution in [1.29, 1.82) is 5.26 Å². The van der Waals surface area contributed by atoms with Crippen molar-refractivity contribution >= 4 is 17.2 Å². The Hall–Kier alpha value is -1.93. The zero-order valence-corrected chi connectivity index (χ0v) is 10.5. The van der Waals surface area contributed by atoms with E-state index < -0.39 is 0 Å². The van der Waals surface area contributed by atoms with Crippen LogP contribution in [-0.2, 0) is 6.54 Å². The molecule has 0 atom stereocenters. The highest BCUT2D eigenvalue weighted by Crippen LogP contribution is 2.18. The van der Waals surface area contributed by atoms with Gasteiger partial charge in [0.05, 0.1) is 23.3 Å². The lowest BCUT2D eigenvalue weighted by Crippen LogP contribution is -2.17. The van der Waals surface area contributed by atoms with Gasteiger partial charge >= 0.3 is 0 Å². The number of nitriles is 1. The Morgan fingerprint density at radius 2 is 2.24 bits per heavy atom. The second-order valence-corrected chi connectivity index (χ2v) is 4.67. The fraction of sp³-hybridized carbons (Fsp3) is 0.250. The van der Waals surface area contributed by atoms with Gasteiger partial charge < -0.3 is 4.90 Å². The largest absolute Gasteiger partial charge is 0.354 e. The number of anilines is 1. The molecule has 0 fully saturated rings. The maximum atomic E-state index is 8.70. The summed E-state index contributed by atoms with van der Waals surface area (Å²) in [6.45, 7) is 2.79. The van der Waals surface area contributed by atoms with Gasteiger partial charge in [-0.3, -0.25) is 0 Å². The minimum atomic E-state index is 0.580. The third-order valence-electron chi connectivity index (χ3n) is 2.49. The molecule has 2 aromatic heterocycles. The fourth-order valence-electron chi connectivity index (χ4n) is 1.45. The van der Waals surface area contributed by atoms with Crippen molar-refractivity contribution in [2.24, 2.45) is 0 Å². The molecule has 0 unspecified atom stereocenters. The van der Waals surface area contributed by atoms with Crippen molar-refractivity contribution in [2.75, 3.05) is 11.9 Å². The van der Waals surface area contributed by atoms with E-state index >= 15 is 0 Å². The number of pyridine rings is 1. The van der Waals surface area contributed by atoms with Crippen molar-refractivity contribution in [2.45, 2.75) is 13.5 Å². The van der Waals surface area contributed by atoms with Crippen LogP contribution in [0.15, 0.2) is 23.8 Å². The Labute approximate surface area is 104 Å². The second kappa shape index (κ2) is 4.93. The molecule has 0 saturated heterocycles. The Bertz CT molecular complexity index is 538. The zero-order valence-electron chi connectivity index (χ0n) is 9.71. The van der Waals surface area contributed by atoms with E-state index in [-0.39, 0.29) is 0 Å². The summed E-state index contributed by atoms with van der Waals surface area (Å²) in [5.74, 6) is 0.858. The smallest absolute Gasteiger partial charge is 0.128 e. The zero-order chi connectivity index (χ0) is 12.3. The second-order valence-electron chi connectivity index (χ2n) is 3.73. The molecule has 86 valence electrons. The molecule has 2 rings (SSSR count). The highest BCUT2D eigenvalue weighted by molar-refractivity contribution is 7.09. The van der Waals surface area contributed by atoms with Gasteiger partial charge in [-0.2, -0.15) is 5.26 Å². The van der Waals surface area contributed by atoms with Gasteiger partial charge in [-0.15, -0.1) is 11.3 Å². The quantitative estimate of drug-likeness (QED) is 0.831. The number of aromatic nitrogens is 2. The van der Waals surface area contributed by atoms with Crippen LogP contribution < -0.4 is 4.90 Å². The van der Waals surface area contributed by atoms with Gasteiger partial charge in [0.1, 0.15) is 11.9 Å². The van der Waals surface area contributed by atoms with Crippen molar-refractivity contribution in [3.63, 3.8) is 0 Å². The first kappa shape index (κ1) is 11.6.